The van der Waals surface area contributed by atoms with Gasteiger partial charge in [0.1, 0.15) is 48.8 Å². The number of unbranched alkanes of at least 4 members (excludes halogenated alkanes) is 17. The molecule has 2 rings (SSSR count). The van der Waals surface area contributed by atoms with Gasteiger partial charge in [-0.3, -0.25) is 4.79 Å². The number of hydrogen-bond donors (Lipinski definition) is 9. The van der Waals surface area contributed by atoms with Crippen molar-refractivity contribution in [1.82, 2.24) is 5.32 Å². The van der Waals surface area contributed by atoms with Gasteiger partial charge in [0.15, 0.2) is 12.6 Å². The molecule has 0 spiro atoms. The zero-order valence-corrected chi connectivity index (χ0v) is 57.2. The Morgan fingerprint density at radius 2 is 0.753 bits per heavy atom. The maximum Gasteiger partial charge on any atom is 0.220 e. The molecule has 2 fully saturated rings. The molecule has 2 aliphatic rings. The molecule has 0 bridgehead atoms. The Morgan fingerprint density at radius 3 is 1.18 bits per heavy atom. The third-order valence-corrected chi connectivity index (χ3v) is 16.1. The Bertz CT molecular complexity index is 2220. The van der Waals surface area contributed by atoms with E-state index in [2.05, 4.69) is 177 Å². The molecule has 12 unspecified atom stereocenters. The number of aliphatic hydroxyl groups excluding tert-OH is 8. The van der Waals surface area contributed by atoms with Gasteiger partial charge in [0.25, 0.3) is 0 Å². The predicted molar refractivity (Wildman–Crippen MR) is 382 cm³/mol. The number of rotatable bonds is 56. The molecule has 14 heteroatoms. The van der Waals surface area contributed by atoms with Gasteiger partial charge >= 0.3 is 0 Å². The molecule has 0 saturated carbocycles. The molecule has 2 heterocycles. The first kappa shape index (κ1) is 84.4. The molecule has 9 N–H and O–H groups in total. The number of nitrogens with one attached hydrogen (secondary N) is 1. The van der Waals surface area contributed by atoms with Crippen LogP contribution in [-0.2, 0) is 23.7 Å². The minimum Gasteiger partial charge on any atom is -0.394 e. The molecule has 12 atom stereocenters. The van der Waals surface area contributed by atoms with E-state index in [-0.39, 0.29) is 18.9 Å². The summed E-state index contributed by atoms with van der Waals surface area (Å²) in [6, 6.07) is -0.963. The van der Waals surface area contributed by atoms with Crippen molar-refractivity contribution in [3.8, 4) is 0 Å². The Balaban J connectivity index is 1.69. The van der Waals surface area contributed by atoms with Crippen molar-refractivity contribution in [2.45, 2.75) is 299 Å². The monoisotopic (exact) mass is 1300 g/mol. The van der Waals surface area contributed by atoms with Gasteiger partial charge in [-0.25, -0.2) is 0 Å². The first-order valence-electron chi connectivity index (χ1n) is 35.9. The summed E-state index contributed by atoms with van der Waals surface area (Å²) in [6.45, 7) is 2.63. The molecule has 0 aromatic heterocycles. The highest BCUT2D eigenvalue weighted by Gasteiger charge is 2.51. The van der Waals surface area contributed by atoms with E-state index in [4.69, 9.17) is 18.9 Å². The van der Waals surface area contributed by atoms with Crippen molar-refractivity contribution in [3.63, 3.8) is 0 Å². The number of carbonyl (C=O) groups is 1. The summed E-state index contributed by atoms with van der Waals surface area (Å²) in [5, 5.41) is 87.4. The van der Waals surface area contributed by atoms with Crippen LogP contribution in [0.3, 0.4) is 0 Å². The van der Waals surface area contributed by atoms with Crippen molar-refractivity contribution in [1.29, 1.82) is 0 Å². The topological polar surface area (TPSA) is 228 Å². The highest BCUT2D eigenvalue weighted by atomic mass is 16.7. The van der Waals surface area contributed by atoms with Crippen LogP contribution >= 0.6 is 0 Å². The summed E-state index contributed by atoms with van der Waals surface area (Å²) >= 11 is 0. The molecular formula is C79H127NO13. The molecule has 0 radical (unpaired) electrons. The Morgan fingerprint density at radius 1 is 0.398 bits per heavy atom. The van der Waals surface area contributed by atoms with Gasteiger partial charge in [0.2, 0.25) is 5.91 Å². The van der Waals surface area contributed by atoms with E-state index >= 15 is 0 Å². The van der Waals surface area contributed by atoms with Crippen molar-refractivity contribution in [2.24, 2.45) is 0 Å². The first-order chi connectivity index (χ1) is 45.6. The number of hydrogen-bond acceptors (Lipinski definition) is 13. The zero-order chi connectivity index (χ0) is 67.3. The molecule has 526 valence electrons. The van der Waals surface area contributed by atoms with E-state index in [1.54, 1.807) is 6.08 Å². The molecular weight excluding hydrogens is 1170 g/mol. The second-order valence-electron chi connectivity index (χ2n) is 24.3. The third kappa shape index (κ3) is 44.7. The number of amides is 1. The van der Waals surface area contributed by atoms with E-state index < -0.39 is 86.8 Å². The maximum atomic E-state index is 13.3. The second-order valence-corrected chi connectivity index (χ2v) is 24.3. The average molecular weight is 1300 g/mol. The van der Waals surface area contributed by atoms with Crippen LogP contribution in [0.25, 0.3) is 0 Å². The van der Waals surface area contributed by atoms with Crippen LogP contribution in [0.15, 0.2) is 170 Å². The van der Waals surface area contributed by atoms with Gasteiger partial charge in [-0.15, -0.1) is 0 Å². The van der Waals surface area contributed by atoms with Crippen LogP contribution in [0.1, 0.15) is 226 Å². The van der Waals surface area contributed by atoms with Crippen molar-refractivity contribution in [3.05, 3.63) is 170 Å². The van der Waals surface area contributed by atoms with E-state index in [0.717, 1.165) is 128 Å². The number of carbonyl (C=O) groups excluding carboxylic acids is 1. The lowest BCUT2D eigenvalue weighted by Gasteiger charge is -2.46. The lowest BCUT2D eigenvalue weighted by Crippen LogP contribution is -2.65. The van der Waals surface area contributed by atoms with Gasteiger partial charge in [-0.2, -0.15) is 0 Å². The number of aliphatic hydroxyl groups is 8. The van der Waals surface area contributed by atoms with Gasteiger partial charge in [-0.1, -0.05) is 261 Å². The SMILES string of the molecule is CC/C=C\C/C=C\C/C=C\C/C=C\C/C=C\C/C=C\C/C=C\C/C=C\C/C=C\C/C=C\C/C=C\CCCCCCCC(=O)NC(COC1OC(CO)C(OC2OC(CO)C(O)C(O)C2O)C(O)C1O)C(O)/C=C/CC/C=C/CC/C=C/CCCCCCCCCCCC. The van der Waals surface area contributed by atoms with Crippen LogP contribution in [0.2, 0.25) is 0 Å². The normalized spacial score (nSPS) is 23.6. The van der Waals surface area contributed by atoms with Crippen LogP contribution in [0, 0.1) is 0 Å². The molecule has 0 aliphatic carbocycles. The lowest BCUT2D eigenvalue weighted by molar-refractivity contribution is -0.359. The molecule has 0 aromatic rings. The fourth-order valence-corrected chi connectivity index (χ4v) is 10.4. The second kappa shape index (κ2) is 61.0. The van der Waals surface area contributed by atoms with E-state index in [1.807, 2.05) is 6.08 Å². The van der Waals surface area contributed by atoms with Crippen molar-refractivity contribution < 1.29 is 64.6 Å². The number of allylic oxidation sites excluding steroid dienone is 27. The summed E-state index contributed by atoms with van der Waals surface area (Å²) in [6.07, 6.45) is 78.3. The summed E-state index contributed by atoms with van der Waals surface area (Å²) < 4.78 is 22.8. The number of ether oxygens (including phenoxy) is 4. The van der Waals surface area contributed by atoms with E-state index in [0.29, 0.717) is 12.8 Å². The molecule has 93 heavy (non-hydrogen) atoms. The fraction of sp³-hybridized carbons (Fsp3) is 0.633. The Labute approximate surface area is 562 Å². The zero-order valence-electron chi connectivity index (χ0n) is 57.2. The molecule has 2 saturated heterocycles. The molecule has 1 amide bonds. The molecule has 0 aromatic carbocycles. The summed E-state index contributed by atoms with van der Waals surface area (Å²) in [7, 11) is 0. The van der Waals surface area contributed by atoms with Gasteiger partial charge < -0.3 is 65.1 Å². The Hall–Kier alpha value is -4.65. The van der Waals surface area contributed by atoms with Crippen LogP contribution in [-0.4, -0.2) is 140 Å². The molecule has 14 nitrogen and oxygen atoms in total. The summed E-state index contributed by atoms with van der Waals surface area (Å²) in [5.41, 5.74) is 0. The largest absolute Gasteiger partial charge is 0.394 e. The van der Waals surface area contributed by atoms with Crippen LogP contribution in [0.4, 0.5) is 0 Å². The van der Waals surface area contributed by atoms with Gasteiger partial charge in [0, 0.05) is 6.42 Å². The highest BCUT2D eigenvalue weighted by Crippen LogP contribution is 2.30. The van der Waals surface area contributed by atoms with Crippen LogP contribution < -0.4 is 5.32 Å². The fourth-order valence-electron chi connectivity index (χ4n) is 10.4. The average Bonchev–Trinajstić information content (AvgIpc) is 0.854. The van der Waals surface area contributed by atoms with E-state index in [9.17, 15) is 45.6 Å². The van der Waals surface area contributed by atoms with Gasteiger partial charge in [-0.05, 0) is 128 Å². The Kier molecular flexibility index (Phi) is 55.4. The van der Waals surface area contributed by atoms with Crippen molar-refractivity contribution >= 4 is 5.91 Å². The standard InChI is InChI=1S/C79H127NO13/c1-3-5-7-9-11-13-15-17-19-21-23-25-26-27-28-29-30-31-32-33-34-35-36-37-38-39-40-41-42-43-45-47-49-51-53-55-57-59-61-63-71(84)80-67(68(83)62-60-58-56-54-52-50-48-46-44-24-22-20-18-16-14-12-10-8-6-4-2)66-90-78-76(89)74(87)77(70(65-82)92-78)93-79-75(88)73(86)72(85)69(64-81)91-79/h5,7,11,13,17,19,23,25,27-28,30-31,33-34,36-37,39-40,42-44,46-47,49,52,54,60,62,67-70,72-79,81-83,85-89H,3-4,6,8-10,12,14-16,18,20-22,24,26,29,32,35,38,41,45,48,50-51,53,55-59,61,63-66H2,1-2H3,(H,80,84)/b7-5-,13-11-,19-17-,25-23-,28-27-,31-30-,34-33-,37-36-,40-39-,43-42-,46-44+,49-47-,54-52+,62-60+. The quantitative estimate of drug-likeness (QED) is 0.0204. The molecule has 2 aliphatic heterocycles. The highest BCUT2D eigenvalue weighted by molar-refractivity contribution is 5.76. The lowest BCUT2D eigenvalue weighted by atomic mass is 9.97. The van der Waals surface area contributed by atoms with Crippen LogP contribution in [0.5, 0.6) is 0 Å². The predicted octanol–water partition coefficient (Wildman–Crippen LogP) is 15.2. The minimum atomic E-state index is -1.80. The van der Waals surface area contributed by atoms with E-state index in [1.165, 1.54) is 64.2 Å². The summed E-state index contributed by atoms with van der Waals surface area (Å²) in [5.74, 6) is -0.279. The third-order valence-electron chi connectivity index (χ3n) is 16.1. The summed E-state index contributed by atoms with van der Waals surface area (Å²) in [4.78, 5) is 13.3. The minimum absolute atomic E-state index is 0.236. The smallest absolute Gasteiger partial charge is 0.220 e. The van der Waals surface area contributed by atoms with Gasteiger partial charge in [0.05, 0.1) is 32.0 Å². The maximum absolute atomic E-state index is 13.3. The first-order valence-corrected chi connectivity index (χ1v) is 35.9. The van der Waals surface area contributed by atoms with Crippen molar-refractivity contribution in [2.75, 3.05) is 19.8 Å².